The number of imidazole rings is 2. The van der Waals surface area contributed by atoms with Gasteiger partial charge in [-0.25, -0.2) is 9.78 Å². The molecular weight excluding hydrogens is 514 g/mol. The number of hydrogen-bond donors (Lipinski definition) is 2. The van der Waals surface area contributed by atoms with Crippen LogP contribution in [0.15, 0.2) is 72.0 Å². The third kappa shape index (κ3) is 4.97. The van der Waals surface area contributed by atoms with E-state index in [9.17, 15) is 9.59 Å². The molecule has 0 atom stereocenters. The number of aromatic nitrogens is 6. The van der Waals surface area contributed by atoms with Crippen molar-refractivity contribution in [1.29, 1.82) is 0 Å². The smallest absolute Gasteiger partial charge is 0.333 e. The van der Waals surface area contributed by atoms with E-state index in [-0.39, 0.29) is 17.6 Å². The van der Waals surface area contributed by atoms with Crippen LogP contribution in [0.4, 0.5) is 0 Å². The Morgan fingerprint density at radius 2 is 1.85 bits per heavy atom. The van der Waals surface area contributed by atoms with Gasteiger partial charge in [-0.1, -0.05) is 23.7 Å². The Morgan fingerprint density at radius 1 is 1.05 bits per heavy atom. The Morgan fingerprint density at radius 3 is 2.56 bits per heavy atom. The van der Waals surface area contributed by atoms with Crippen LogP contribution in [0.3, 0.4) is 0 Å². The first kappa shape index (κ1) is 25.1. The molecule has 39 heavy (non-hydrogen) atoms. The number of aryl methyl sites for hydroxylation is 1. The number of rotatable bonds is 6. The number of nitrogens with one attached hydrogen (secondary N) is 2. The van der Waals surface area contributed by atoms with Crippen LogP contribution in [0.5, 0.6) is 0 Å². The molecule has 1 aliphatic carbocycles. The highest BCUT2D eigenvalue weighted by Crippen LogP contribution is 2.28. The molecule has 0 saturated heterocycles. The first-order chi connectivity index (χ1) is 19.0. The normalized spacial score (nSPS) is 17.4. The van der Waals surface area contributed by atoms with Crippen molar-refractivity contribution in [3.8, 4) is 17.2 Å². The maximum absolute atomic E-state index is 13.7. The molecule has 6 rings (SSSR count). The van der Waals surface area contributed by atoms with Crippen LogP contribution in [0.25, 0.3) is 28.2 Å². The number of carbonyl (C=O) groups is 1. The van der Waals surface area contributed by atoms with E-state index in [2.05, 4.69) is 25.3 Å². The number of halogens is 1. The summed E-state index contributed by atoms with van der Waals surface area (Å²) in [4.78, 5) is 42.5. The minimum atomic E-state index is -0.142. The standard InChI is InChI=1S/C29H28ClN7O2/c1-18-23(14-20(30)15-33-18)28(38)35-21-8-6-19(7-9-21)17-36-25-4-2-3-5-26(25)37(29(36)39)22-10-11-24(34-16-22)27-31-12-13-32-27/h2-5,10-16,19,21H,6-9,17H2,1H3,(H,31,32)(H,35,38). The number of hydrogen-bond acceptors (Lipinski definition) is 5. The van der Waals surface area contributed by atoms with Gasteiger partial charge in [0.15, 0.2) is 5.82 Å². The first-order valence-corrected chi connectivity index (χ1v) is 13.4. The maximum Gasteiger partial charge on any atom is 0.333 e. The van der Waals surface area contributed by atoms with E-state index in [1.165, 1.54) is 0 Å². The van der Waals surface area contributed by atoms with Gasteiger partial charge in [0.25, 0.3) is 5.91 Å². The third-order valence-electron chi connectivity index (χ3n) is 7.50. The fraction of sp³-hybridized carbons (Fsp3) is 0.276. The molecule has 0 unspecified atom stereocenters. The second-order valence-electron chi connectivity index (χ2n) is 10.0. The number of benzene rings is 1. The Hall–Kier alpha value is -4.24. The summed E-state index contributed by atoms with van der Waals surface area (Å²) in [6, 6.07) is 13.4. The molecule has 0 radical (unpaired) electrons. The Labute approximate surface area is 229 Å². The zero-order valence-corrected chi connectivity index (χ0v) is 22.2. The second kappa shape index (κ2) is 10.5. The molecule has 5 aromatic rings. The van der Waals surface area contributed by atoms with Gasteiger partial charge in [-0.2, -0.15) is 0 Å². The van der Waals surface area contributed by atoms with Crippen molar-refractivity contribution < 1.29 is 4.79 Å². The third-order valence-corrected chi connectivity index (χ3v) is 7.71. The van der Waals surface area contributed by atoms with Gasteiger partial charge in [-0.3, -0.25) is 23.9 Å². The molecule has 198 valence electrons. The summed E-state index contributed by atoms with van der Waals surface area (Å²) in [5, 5.41) is 3.59. The molecule has 1 fully saturated rings. The number of nitrogens with zero attached hydrogens (tertiary/aromatic N) is 5. The van der Waals surface area contributed by atoms with Gasteiger partial charge in [-0.15, -0.1) is 0 Å². The number of fused-ring (bicyclic) bond motifs is 1. The van der Waals surface area contributed by atoms with Crippen molar-refractivity contribution in [3.63, 3.8) is 0 Å². The van der Waals surface area contributed by atoms with E-state index in [0.29, 0.717) is 45.9 Å². The van der Waals surface area contributed by atoms with Crippen molar-refractivity contribution >= 4 is 28.5 Å². The van der Waals surface area contributed by atoms with Crippen LogP contribution in [-0.4, -0.2) is 41.0 Å². The van der Waals surface area contributed by atoms with Gasteiger partial charge in [0.1, 0.15) is 5.69 Å². The number of pyridine rings is 2. The molecule has 1 aliphatic rings. The van der Waals surface area contributed by atoms with E-state index in [1.54, 1.807) is 42.3 Å². The first-order valence-electron chi connectivity index (χ1n) is 13.1. The lowest BCUT2D eigenvalue weighted by atomic mass is 9.85. The number of para-hydroxylation sites is 2. The van der Waals surface area contributed by atoms with Gasteiger partial charge in [0.05, 0.1) is 39.2 Å². The molecule has 4 heterocycles. The van der Waals surface area contributed by atoms with Crippen molar-refractivity contribution in [3.05, 3.63) is 94.0 Å². The molecule has 10 heteroatoms. The molecular formula is C29H28ClN7O2. The van der Waals surface area contributed by atoms with E-state index >= 15 is 0 Å². The lowest BCUT2D eigenvalue weighted by Gasteiger charge is -2.29. The number of H-pyrrole nitrogens is 1. The van der Waals surface area contributed by atoms with Crippen LogP contribution in [-0.2, 0) is 6.54 Å². The van der Waals surface area contributed by atoms with Gasteiger partial charge in [-0.05, 0) is 68.9 Å². The quantitative estimate of drug-likeness (QED) is 0.317. The second-order valence-corrected chi connectivity index (χ2v) is 10.5. The van der Waals surface area contributed by atoms with Gasteiger partial charge < -0.3 is 10.3 Å². The summed E-state index contributed by atoms with van der Waals surface area (Å²) in [7, 11) is 0. The molecule has 2 N–H and O–H groups in total. The predicted octanol–water partition coefficient (Wildman–Crippen LogP) is 4.92. The Bertz CT molecular complexity index is 1680. The lowest BCUT2D eigenvalue weighted by molar-refractivity contribution is 0.0919. The molecule has 1 saturated carbocycles. The van der Waals surface area contributed by atoms with Crippen LogP contribution in [0, 0.1) is 12.8 Å². The monoisotopic (exact) mass is 541 g/mol. The Balaban J connectivity index is 1.18. The molecule has 1 aromatic carbocycles. The van der Waals surface area contributed by atoms with Gasteiger partial charge >= 0.3 is 5.69 Å². The zero-order valence-electron chi connectivity index (χ0n) is 21.5. The predicted molar refractivity (Wildman–Crippen MR) is 150 cm³/mol. The molecule has 0 aliphatic heterocycles. The van der Waals surface area contributed by atoms with Crippen LogP contribution < -0.4 is 11.0 Å². The topological polar surface area (TPSA) is 110 Å². The maximum atomic E-state index is 13.7. The van der Waals surface area contributed by atoms with Crippen molar-refractivity contribution in [2.75, 3.05) is 0 Å². The SMILES string of the molecule is Cc1ncc(Cl)cc1C(=O)NC1CCC(Cn2c(=O)n(-c3ccc(-c4ncc[nH]4)nc3)c3ccccc32)CC1. The number of aromatic amines is 1. The molecule has 0 bridgehead atoms. The van der Waals surface area contributed by atoms with Crippen LogP contribution >= 0.6 is 11.6 Å². The zero-order chi connectivity index (χ0) is 26.9. The van der Waals surface area contributed by atoms with Crippen molar-refractivity contribution in [1.82, 2.24) is 34.4 Å². The summed E-state index contributed by atoms with van der Waals surface area (Å²) in [5.41, 5.74) is 4.26. The lowest BCUT2D eigenvalue weighted by Crippen LogP contribution is -2.39. The average Bonchev–Trinajstić information content (AvgIpc) is 3.58. The largest absolute Gasteiger partial charge is 0.349 e. The fourth-order valence-corrected chi connectivity index (χ4v) is 5.60. The minimum Gasteiger partial charge on any atom is -0.349 e. The van der Waals surface area contributed by atoms with Crippen molar-refractivity contribution in [2.45, 2.75) is 45.2 Å². The molecule has 9 nitrogen and oxygen atoms in total. The summed E-state index contributed by atoms with van der Waals surface area (Å²) >= 11 is 6.04. The Kier molecular flexibility index (Phi) is 6.74. The molecule has 4 aromatic heterocycles. The van der Waals surface area contributed by atoms with Crippen molar-refractivity contribution in [2.24, 2.45) is 5.92 Å². The van der Waals surface area contributed by atoms with E-state index in [1.807, 2.05) is 41.0 Å². The molecule has 1 amide bonds. The summed E-state index contributed by atoms with van der Waals surface area (Å²) in [6.45, 7) is 2.43. The summed E-state index contributed by atoms with van der Waals surface area (Å²) in [5.74, 6) is 0.878. The van der Waals surface area contributed by atoms with E-state index < -0.39 is 0 Å². The summed E-state index contributed by atoms with van der Waals surface area (Å²) in [6.07, 6.45) is 10.2. The highest BCUT2D eigenvalue weighted by molar-refractivity contribution is 6.30. The highest BCUT2D eigenvalue weighted by Gasteiger charge is 2.25. The summed E-state index contributed by atoms with van der Waals surface area (Å²) < 4.78 is 3.60. The van der Waals surface area contributed by atoms with E-state index in [0.717, 1.165) is 36.7 Å². The minimum absolute atomic E-state index is 0.0805. The highest BCUT2D eigenvalue weighted by atomic mass is 35.5. The van der Waals surface area contributed by atoms with Crippen LogP contribution in [0.2, 0.25) is 5.02 Å². The van der Waals surface area contributed by atoms with Crippen LogP contribution in [0.1, 0.15) is 41.7 Å². The van der Waals surface area contributed by atoms with E-state index in [4.69, 9.17) is 11.6 Å². The number of amides is 1. The average molecular weight is 542 g/mol. The fourth-order valence-electron chi connectivity index (χ4n) is 5.45. The number of carbonyl (C=O) groups excluding carboxylic acids is 1. The molecule has 0 spiro atoms. The van der Waals surface area contributed by atoms with Gasteiger partial charge in [0.2, 0.25) is 0 Å². The van der Waals surface area contributed by atoms with Gasteiger partial charge in [0, 0.05) is 31.2 Å².